The summed E-state index contributed by atoms with van der Waals surface area (Å²) >= 11 is 0. The average molecular weight is 691 g/mol. The Morgan fingerprint density at radius 2 is 1.44 bits per heavy atom. The van der Waals surface area contributed by atoms with E-state index in [4.69, 9.17) is 9.47 Å². The number of nitrogens with zero attached hydrogens (tertiary/aromatic N) is 2. The molecule has 0 spiro atoms. The van der Waals surface area contributed by atoms with Crippen molar-refractivity contribution in [3.63, 3.8) is 0 Å². The Balaban J connectivity index is 0.000000185. The molecule has 0 saturated carbocycles. The van der Waals surface area contributed by atoms with Crippen molar-refractivity contribution in [1.29, 1.82) is 0 Å². The number of benzene rings is 2. The SMILES string of the molecule is CCCN(CCC1CCNCC1)[C@@H]1CCc2ccc(OC)cc2C1.CCCN[C@@H]1CCc2ccc(OC)cc2C1.CN1CCC(CC=O)CC1. The number of hydrogen-bond donors (Lipinski definition) is 2. The molecule has 2 aliphatic heterocycles. The summed E-state index contributed by atoms with van der Waals surface area (Å²) < 4.78 is 10.7. The number of hydrogen-bond acceptors (Lipinski definition) is 7. The van der Waals surface area contributed by atoms with Crippen molar-refractivity contribution >= 4 is 6.29 Å². The summed E-state index contributed by atoms with van der Waals surface area (Å²) in [5, 5.41) is 7.10. The van der Waals surface area contributed by atoms with Gasteiger partial charge in [0, 0.05) is 18.5 Å². The van der Waals surface area contributed by atoms with Gasteiger partial charge in [-0.2, -0.15) is 0 Å². The minimum atomic E-state index is 0.652. The van der Waals surface area contributed by atoms with E-state index in [1.54, 1.807) is 14.2 Å². The molecule has 0 aromatic heterocycles. The zero-order chi connectivity index (χ0) is 35.6. The van der Waals surface area contributed by atoms with Crippen LogP contribution in [-0.4, -0.2) is 95.3 Å². The van der Waals surface area contributed by atoms with E-state index < -0.39 is 0 Å². The van der Waals surface area contributed by atoms with Crippen LogP contribution in [0, 0.1) is 11.8 Å². The molecular weight excluding hydrogens is 620 g/mol. The summed E-state index contributed by atoms with van der Waals surface area (Å²) in [4.78, 5) is 15.2. The molecular formula is C43H70N4O3. The molecule has 7 heteroatoms. The first-order chi connectivity index (χ1) is 24.5. The van der Waals surface area contributed by atoms with Crippen molar-refractivity contribution in [2.75, 3.05) is 67.1 Å². The van der Waals surface area contributed by atoms with Gasteiger partial charge in [-0.3, -0.25) is 0 Å². The fourth-order valence-electron chi connectivity index (χ4n) is 8.25. The fraction of sp³-hybridized carbons (Fsp3) is 0.698. The van der Waals surface area contributed by atoms with Gasteiger partial charge < -0.3 is 34.7 Å². The number of carbonyl (C=O) groups is 1. The summed E-state index contributed by atoms with van der Waals surface area (Å²) in [7, 11) is 5.64. The van der Waals surface area contributed by atoms with Crippen LogP contribution < -0.4 is 20.1 Å². The zero-order valence-electron chi connectivity index (χ0n) is 32.3. The highest BCUT2D eigenvalue weighted by molar-refractivity contribution is 5.49. The van der Waals surface area contributed by atoms with Crippen LogP contribution in [0.5, 0.6) is 11.5 Å². The number of ether oxygens (including phenoxy) is 2. The number of aryl methyl sites for hydroxylation is 2. The molecule has 2 saturated heterocycles. The maximum absolute atomic E-state index is 10.1. The maximum Gasteiger partial charge on any atom is 0.120 e. The van der Waals surface area contributed by atoms with E-state index in [-0.39, 0.29) is 0 Å². The van der Waals surface area contributed by atoms with Crippen LogP contribution >= 0.6 is 0 Å². The predicted molar refractivity (Wildman–Crippen MR) is 209 cm³/mol. The van der Waals surface area contributed by atoms with Crippen molar-refractivity contribution < 1.29 is 14.3 Å². The first-order valence-electron chi connectivity index (χ1n) is 20.1. The van der Waals surface area contributed by atoms with Crippen molar-refractivity contribution in [2.24, 2.45) is 11.8 Å². The normalized spacial score (nSPS) is 21.2. The maximum atomic E-state index is 10.1. The smallest absolute Gasteiger partial charge is 0.120 e. The second-order valence-corrected chi connectivity index (χ2v) is 15.2. The number of aldehydes is 1. The Morgan fingerprint density at radius 3 is 2.04 bits per heavy atom. The molecule has 2 fully saturated rings. The Kier molecular flexibility index (Phi) is 18.1. The first kappa shape index (κ1) is 40.3. The second kappa shape index (κ2) is 22.5. The molecule has 0 radical (unpaired) electrons. The highest BCUT2D eigenvalue weighted by Crippen LogP contribution is 2.29. The lowest BCUT2D eigenvalue weighted by Gasteiger charge is -2.36. The lowest BCUT2D eigenvalue weighted by Crippen LogP contribution is -2.41. The summed E-state index contributed by atoms with van der Waals surface area (Å²) in [5.74, 6) is 3.59. The van der Waals surface area contributed by atoms with Gasteiger partial charge in [0.05, 0.1) is 14.2 Å². The molecule has 2 aromatic carbocycles. The Morgan fingerprint density at radius 1 is 0.800 bits per heavy atom. The van der Waals surface area contributed by atoms with E-state index in [2.05, 4.69) is 77.7 Å². The molecule has 0 bridgehead atoms. The van der Waals surface area contributed by atoms with Crippen LogP contribution in [-0.2, 0) is 30.5 Å². The van der Waals surface area contributed by atoms with E-state index >= 15 is 0 Å². The number of piperidine rings is 2. The van der Waals surface area contributed by atoms with Gasteiger partial charge in [0.15, 0.2) is 0 Å². The van der Waals surface area contributed by atoms with Gasteiger partial charge in [-0.1, -0.05) is 26.0 Å². The average Bonchev–Trinajstić information content (AvgIpc) is 3.16. The van der Waals surface area contributed by atoms with Crippen LogP contribution in [0.25, 0.3) is 0 Å². The molecule has 7 nitrogen and oxygen atoms in total. The highest BCUT2D eigenvalue weighted by Gasteiger charge is 2.25. The highest BCUT2D eigenvalue weighted by atomic mass is 16.5. The summed E-state index contributed by atoms with van der Waals surface area (Å²) in [6.07, 6.45) is 18.1. The van der Waals surface area contributed by atoms with Crippen LogP contribution in [0.1, 0.15) is 100 Å². The quantitative estimate of drug-likeness (QED) is 0.217. The number of carbonyl (C=O) groups excluding carboxylic acids is 1. The van der Waals surface area contributed by atoms with Crippen LogP contribution in [0.3, 0.4) is 0 Å². The van der Waals surface area contributed by atoms with E-state index in [0.29, 0.717) is 18.0 Å². The molecule has 0 unspecified atom stereocenters. The minimum Gasteiger partial charge on any atom is -0.497 e. The monoisotopic (exact) mass is 691 g/mol. The number of likely N-dealkylation sites (tertiary alicyclic amines) is 1. The third-order valence-electron chi connectivity index (χ3n) is 11.5. The molecule has 0 amide bonds. The second-order valence-electron chi connectivity index (χ2n) is 15.2. The standard InChI is InChI=1S/C21H34N2O.C14H21NO.C8H15NO/c1-3-13-23(14-10-17-8-11-22-12-9-17)20-6-4-18-5-7-21(24-2)16-19(18)15-20;1-3-8-15-13-6-4-11-5-7-14(16-2)10-12(11)9-13;1-9-5-2-8(3-6-9)4-7-10/h5,7,16-17,20,22H,3-4,6,8-15H2,1-2H3;5,7,10,13,15H,3-4,6,8-9H2,1-2H3;7-8H,2-6H2,1H3/t20-;13-;/m11./s1. The van der Waals surface area contributed by atoms with E-state index in [9.17, 15) is 4.79 Å². The van der Waals surface area contributed by atoms with Gasteiger partial charge in [0.2, 0.25) is 0 Å². The summed E-state index contributed by atoms with van der Waals surface area (Å²) in [6, 6.07) is 14.5. The van der Waals surface area contributed by atoms with E-state index in [1.807, 2.05) is 0 Å². The van der Waals surface area contributed by atoms with Gasteiger partial charge in [-0.15, -0.1) is 0 Å². The van der Waals surface area contributed by atoms with Crippen molar-refractivity contribution in [2.45, 2.75) is 116 Å². The number of nitrogens with one attached hydrogen (secondary N) is 2. The van der Waals surface area contributed by atoms with Crippen molar-refractivity contribution in [3.05, 3.63) is 58.7 Å². The Hall–Kier alpha value is -2.45. The van der Waals surface area contributed by atoms with Crippen molar-refractivity contribution in [1.82, 2.24) is 20.4 Å². The van der Waals surface area contributed by atoms with Crippen LogP contribution in [0.15, 0.2) is 36.4 Å². The van der Waals surface area contributed by atoms with Crippen LogP contribution in [0.4, 0.5) is 0 Å². The molecule has 2 N–H and O–H groups in total. The molecule has 6 rings (SSSR count). The van der Waals surface area contributed by atoms with Gasteiger partial charge in [-0.25, -0.2) is 0 Å². The van der Waals surface area contributed by atoms with Crippen LogP contribution in [0.2, 0.25) is 0 Å². The molecule has 280 valence electrons. The topological polar surface area (TPSA) is 66.1 Å². The van der Waals surface area contributed by atoms with Gasteiger partial charge >= 0.3 is 0 Å². The van der Waals surface area contributed by atoms with E-state index in [1.165, 1.54) is 139 Å². The molecule has 2 atom stereocenters. The first-order valence-corrected chi connectivity index (χ1v) is 20.1. The molecule has 2 aromatic rings. The lowest BCUT2D eigenvalue weighted by atomic mass is 9.86. The Bertz CT molecular complexity index is 1240. The minimum absolute atomic E-state index is 0.652. The molecule has 50 heavy (non-hydrogen) atoms. The van der Waals surface area contributed by atoms with E-state index in [0.717, 1.165) is 43.1 Å². The van der Waals surface area contributed by atoms with Gasteiger partial charge in [0.25, 0.3) is 0 Å². The number of fused-ring (bicyclic) bond motifs is 2. The largest absolute Gasteiger partial charge is 0.497 e. The number of rotatable bonds is 13. The molecule has 4 aliphatic rings. The third-order valence-corrected chi connectivity index (χ3v) is 11.5. The Labute approximate surface area is 305 Å². The lowest BCUT2D eigenvalue weighted by molar-refractivity contribution is -0.108. The zero-order valence-corrected chi connectivity index (χ0v) is 32.3. The molecule has 2 aliphatic carbocycles. The fourth-order valence-corrected chi connectivity index (χ4v) is 8.25. The third kappa shape index (κ3) is 13.3. The van der Waals surface area contributed by atoms with Gasteiger partial charge in [0.1, 0.15) is 17.8 Å². The van der Waals surface area contributed by atoms with Gasteiger partial charge in [-0.05, 0) is 195 Å². The summed E-state index contributed by atoms with van der Waals surface area (Å²) in [5.41, 5.74) is 5.99. The molecule has 2 heterocycles. The number of methoxy groups -OCH3 is 2. The summed E-state index contributed by atoms with van der Waals surface area (Å²) in [6.45, 7) is 13.0. The van der Waals surface area contributed by atoms with Crippen molar-refractivity contribution in [3.8, 4) is 11.5 Å². The predicted octanol–water partition coefficient (Wildman–Crippen LogP) is 7.12.